The maximum atomic E-state index is 11.7. The van der Waals surface area contributed by atoms with E-state index in [2.05, 4.69) is 26.1 Å². The number of nitro benzene ring substituents is 1. The van der Waals surface area contributed by atoms with E-state index in [0.717, 1.165) is 49.4 Å². The van der Waals surface area contributed by atoms with Gasteiger partial charge in [0.2, 0.25) is 0 Å². The lowest BCUT2D eigenvalue weighted by Crippen LogP contribution is -2.35. The Bertz CT molecular complexity index is 1320. The number of aromatic nitrogens is 4. The second-order valence-corrected chi connectivity index (χ2v) is 7.89. The first-order chi connectivity index (χ1) is 15.0. The molecule has 1 aliphatic heterocycles. The summed E-state index contributed by atoms with van der Waals surface area (Å²) in [4.78, 5) is 18.2. The van der Waals surface area contributed by atoms with Crippen LogP contribution in [-0.2, 0) is 11.3 Å². The fourth-order valence-corrected chi connectivity index (χ4v) is 4.24. The van der Waals surface area contributed by atoms with Gasteiger partial charge in [-0.3, -0.25) is 19.4 Å². The molecule has 1 fully saturated rings. The molecule has 31 heavy (non-hydrogen) atoms. The molecule has 5 rings (SSSR count). The third-order valence-electron chi connectivity index (χ3n) is 5.48. The summed E-state index contributed by atoms with van der Waals surface area (Å²) in [6.07, 6.45) is 0. The summed E-state index contributed by atoms with van der Waals surface area (Å²) in [5.74, 6) is 0.325. The largest absolute Gasteiger partial charge is 0.379 e. The number of fused-ring (bicyclic) bond motifs is 3. The predicted octanol–water partition coefficient (Wildman–Crippen LogP) is 3.65. The fourth-order valence-electron chi connectivity index (χ4n) is 3.98. The predicted molar refractivity (Wildman–Crippen MR) is 116 cm³/mol. The smallest absolute Gasteiger partial charge is 0.281 e. The number of nitro groups is 1. The van der Waals surface area contributed by atoms with Gasteiger partial charge in [-0.25, -0.2) is 4.98 Å². The van der Waals surface area contributed by atoms with Gasteiger partial charge in [0, 0.05) is 25.7 Å². The van der Waals surface area contributed by atoms with Gasteiger partial charge < -0.3 is 4.74 Å². The van der Waals surface area contributed by atoms with E-state index in [-0.39, 0.29) is 16.3 Å². The minimum atomic E-state index is -0.456. The van der Waals surface area contributed by atoms with Crippen LogP contribution in [-0.4, -0.2) is 55.7 Å². The Morgan fingerprint density at radius 2 is 2.00 bits per heavy atom. The molecule has 2 aromatic carbocycles. The summed E-state index contributed by atoms with van der Waals surface area (Å²) in [5.41, 5.74) is 3.99. The fraction of sp³-hybridized carbons (Fsp3) is 0.286. The van der Waals surface area contributed by atoms with Crippen molar-refractivity contribution in [2.24, 2.45) is 0 Å². The highest BCUT2D eigenvalue weighted by atomic mass is 35.5. The van der Waals surface area contributed by atoms with Crippen molar-refractivity contribution in [2.75, 3.05) is 26.3 Å². The Kier molecular flexibility index (Phi) is 5.01. The van der Waals surface area contributed by atoms with Crippen LogP contribution in [0.2, 0.25) is 5.02 Å². The van der Waals surface area contributed by atoms with Crippen molar-refractivity contribution in [3.8, 4) is 11.4 Å². The van der Waals surface area contributed by atoms with Gasteiger partial charge >= 0.3 is 0 Å². The van der Waals surface area contributed by atoms with Gasteiger partial charge in [0.25, 0.3) is 5.69 Å². The van der Waals surface area contributed by atoms with Gasteiger partial charge in [-0.2, -0.15) is 0 Å². The molecule has 158 valence electrons. The van der Waals surface area contributed by atoms with E-state index < -0.39 is 4.92 Å². The van der Waals surface area contributed by atoms with Crippen LogP contribution in [0.5, 0.6) is 0 Å². The maximum absolute atomic E-state index is 11.7. The lowest BCUT2D eigenvalue weighted by Gasteiger charge is -2.26. The van der Waals surface area contributed by atoms with Crippen LogP contribution in [0.3, 0.4) is 0 Å². The highest BCUT2D eigenvalue weighted by molar-refractivity contribution is 6.33. The molecule has 0 saturated carbocycles. The van der Waals surface area contributed by atoms with Gasteiger partial charge in [-0.05, 0) is 30.7 Å². The summed E-state index contributed by atoms with van der Waals surface area (Å²) < 4.78 is 7.25. The number of rotatable bonds is 4. The molecule has 4 aromatic rings. The zero-order valence-corrected chi connectivity index (χ0v) is 17.5. The Morgan fingerprint density at radius 1 is 1.19 bits per heavy atom. The summed E-state index contributed by atoms with van der Waals surface area (Å²) >= 11 is 6.40. The molecule has 1 aliphatic rings. The number of morpholine rings is 1. The molecule has 10 heteroatoms. The van der Waals surface area contributed by atoms with E-state index in [9.17, 15) is 10.1 Å². The Labute approximate surface area is 182 Å². The van der Waals surface area contributed by atoms with Crippen molar-refractivity contribution in [3.05, 3.63) is 62.8 Å². The van der Waals surface area contributed by atoms with Crippen LogP contribution in [0.4, 0.5) is 5.69 Å². The molecule has 0 aliphatic carbocycles. The third kappa shape index (κ3) is 3.50. The molecular formula is C21H19ClN6O3. The van der Waals surface area contributed by atoms with Crippen molar-refractivity contribution in [3.63, 3.8) is 0 Å². The van der Waals surface area contributed by atoms with E-state index in [1.165, 1.54) is 6.07 Å². The van der Waals surface area contributed by atoms with Crippen LogP contribution in [0.25, 0.3) is 28.1 Å². The first-order valence-corrected chi connectivity index (χ1v) is 10.3. The highest BCUT2D eigenvalue weighted by Crippen LogP contribution is 2.36. The van der Waals surface area contributed by atoms with Crippen LogP contribution in [0.1, 0.15) is 11.3 Å². The standard InChI is InChI=1S/C21H19ClN6O3/c1-13-20-24-25-21(19-15(22)3-2-4-17(19)28(29)30)27(20)18-11-14(5-6-16(18)23-13)12-26-7-9-31-10-8-26/h2-6,11H,7-10,12H2,1H3. The molecule has 3 heterocycles. The van der Waals surface area contributed by atoms with Crippen molar-refractivity contribution in [2.45, 2.75) is 13.5 Å². The van der Waals surface area contributed by atoms with E-state index in [0.29, 0.717) is 17.2 Å². The average molecular weight is 439 g/mol. The van der Waals surface area contributed by atoms with Crippen molar-refractivity contribution < 1.29 is 9.66 Å². The van der Waals surface area contributed by atoms with Crippen LogP contribution in [0.15, 0.2) is 36.4 Å². The van der Waals surface area contributed by atoms with Gasteiger partial charge in [0.1, 0.15) is 5.56 Å². The number of hydrogen-bond donors (Lipinski definition) is 0. The Morgan fingerprint density at radius 3 is 2.77 bits per heavy atom. The number of nitrogens with zero attached hydrogens (tertiary/aromatic N) is 6. The summed E-state index contributed by atoms with van der Waals surface area (Å²) in [6.45, 7) is 5.83. The van der Waals surface area contributed by atoms with Crippen molar-refractivity contribution in [1.82, 2.24) is 24.5 Å². The number of benzene rings is 2. The molecule has 0 atom stereocenters. The normalized spacial score (nSPS) is 15.0. The van der Waals surface area contributed by atoms with Crippen molar-refractivity contribution >= 4 is 34.0 Å². The van der Waals surface area contributed by atoms with Gasteiger partial charge in [0.15, 0.2) is 11.5 Å². The third-order valence-corrected chi connectivity index (χ3v) is 5.79. The van der Waals surface area contributed by atoms with Crippen LogP contribution in [0, 0.1) is 17.0 Å². The van der Waals surface area contributed by atoms with Gasteiger partial charge in [-0.1, -0.05) is 23.7 Å². The molecule has 0 spiro atoms. The van der Waals surface area contributed by atoms with E-state index >= 15 is 0 Å². The number of aryl methyl sites for hydroxylation is 1. The van der Waals surface area contributed by atoms with Crippen LogP contribution < -0.4 is 0 Å². The molecule has 2 aromatic heterocycles. The van der Waals surface area contributed by atoms with Crippen LogP contribution >= 0.6 is 11.6 Å². The molecular weight excluding hydrogens is 420 g/mol. The van der Waals surface area contributed by atoms with Gasteiger partial charge in [0.05, 0.1) is 39.9 Å². The maximum Gasteiger partial charge on any atom is 0.281 e. The minimum absolute atomic E-state index is 0.117. The zero-order valence-electron chi connectivity index (χ0n) is 16.8. The lowest BCUT2D eigenvalue weighted by atomic mass is 10.1. The SMILES string of the molecule is Cc1nc2ccc(CN3CCOCC3)cc2n2c(-c3c(Cl)cccc3[N+](=O)[O-])nnc12. The number of ether oxygens (including phenoxy) is 1. The van der Waals surface area contributed by atoms with E-state index in [1.807, 2.05) is 23.5 Å². The molecule has 9 nitrogen and oxygen atoms in total. The topological polar surface area (TPSA) is 98.7 Å². The minimum Gasteiger partial charge on any atom is -0.379 e. The first-order valence-electron chi connectivity index (χ1n) is 9.90. The van der Waals surface area contributed by atoms with E-state index in [1.54, 1.807) is 12.1 Å². The quantitative estimate of drug-likeness (QED) is 0.354. The molecule has 1 saturated heterocycles. The Hall–Kier alpha value is -3.14. The molecule has 0 amide bonds. The summed E-state index contributed by atoms with van der Waals surface area (Å²) in [5, 5.41) is 20.5. The second kappa shape index (κ2) is 7.84. The summed E-state index contributed by atoms with van der Waals surface area (Å²) in [7, 11) is 0. The average Bonchev–Trinajstić information content (AvgIpc) is 3.20. The van der Waals surface area contributed by atoms with Gasteiger partial charge in [-0.15, -0.1) is 10.2 Å². The second-order valence-electron chi connectivity index (χ2n) is 7.48. The number of halogens is 1. The molecule has 0 unspecified atom stereocenters. The highest BCUT2D eigenvalue weighted by Gasteiger charge is 2.25. The first kappa shape index (κ1) is 19.8. The lowest BCUT2D eigenvalue weighted by molar-refractivity contribution is -0.384. The number of hydrogen-bond acceptors (Lipinski definition) is 7. The zero-order chi connectivity index (χ0) is 21.5. The molecule has 0 N–H and O–H groups in total. The Balaban J connectivity index is 1.73. The molecule has 0 bridgehead atoms. The summed E-state index contributed by atoms with van der Waals surface area (Å²) in [6, 6.07) is 10.6. The van der Waals surface area contributed by atoms with Crippen molar-refractivity contribution in [1.29, 1.82) is 0 Å². The monoisotopic (exact) mass is 438 g/mol. The van der Waals surface area contributed by atoms with E-state index in [4.69, 9.17) is 16.3 Å². The molecule has 0 radical (unpaired) electrons.